The van der Waals surface area contributed by atoms with E-state index in [1.165, 1.54) is 18.2 Å². The second-order valence-electron chi connectivity index (χ2n) is 4.05. The molecule has 0 aliphatic carbocycles. The van der Waals surface area contributed by atoms with E-state index in [0.717, 1.165) is 0 Å². The Balaban J connectivity index is 2.57. The van der Waals surface area contributed by atoms with Gasteiger partial charge in [-0.15, -0.1) is 0 Å². The Morgan fingerprint density at radius 3 is 2.52 bits per heavy atom. The minimum absolute atomic E-state index is 0.0553. The lowest BCUT2D eigenvalue weighted by Gasteiger charge is -2.09. The topological polar surface area (TPSA) is 107 Å². The Hall–Kier alpha value is -2.09. The van der Waals surface area contributed by atoms with Gasteiger partial charge in [-0.1, -0.05) is 12.1 Å². The molecule has 0 radical (unpaired) electrons. The van der Waals surface area contributed by atoms with E-state index in [9.17, 15) is 18.0 Å². The molecule has 8 heteroatoms. The number of carboxylic acids is 1. The molecule has 1 N–H and O–H groups in total. The SMILES string of the molecule is CCOC(=O)CS(=O)(=O)CCOc1ccccc1C(=O)O. The van der Waals surface area contributed by atoms with E-state index >= 15 is 0 Å². The summed E-state index contributed by atoms with van der Waals surface area (Å²) < 4.78 is 33.0. The van der Waals surface area contributed by atoms with Gasteiger partial charge in [0.05, 0.1) is 12.4 Å². The van der Waals surface area contributed by atoms with Crippen LogP contribution < -0.4 is 4.74 Å². The molecule has 0 aliphatic heterocycles. The van der Waals surface area contributed by atoms with Gasteiger partial charge < -0.3 is 14.6 Å². The Morgan fingerprint density at radius 2 is 1.90 bits per heavy atom. The van der Waals surface area contributed by atoms with Crippen LogP contribution in [0.25, 0.3) is 0 Å². The molecule has 21 heavy (non-hydrogen) atoms. The van der Waals surface area contributed by atoms with Gasteiger partial charge in [-0.2, -0.15) is 0 Å². The normalized spacial score (nSPS) is 10.9. The number of benzene rings is 1. The van der Waals surface area contributed by atoms with Crippen LogP contribution in [0.3, 0.4) is 0 Å². The minimum atomic E-state index is -3.65. The van der Waals surface area contributed by atoms with Crippen molar-refractivity contribution in [1.29, 1.82) is 0 Å². The average molecular weight is 316 g/mol. The quantitative estimate of drug-likeness (QED) is 0.705. The van der Waals surface area contributed by atoms with E-state index in [1.807, 2.05) is 0 Å². The molecule has 0 aromatic heterocycles. The number of carbonyl (C=O) groups excluding carboxylic acids is 1. The van der Waals surface area contributed by atoms with Crippen LogP contribution in [-0.2, 0) is 19.4 Å². The fraction of sp³-hybridized carbons (Fsp3) is 0.385. The molecule has 0 atom stereocenters. The molecular formula is C13H16O7S. The predicted octanol–water partition coefficient (Wildman–Crippen LogP) is 0.741. The van der Waals surface area contributed by atoms with Crippen molar-refractivity contribution in [2.24, 2.45) is 0 Å². The third-order valence-electron chi connectivity index (χ3n) is 2.41. The van der Waals surface area contributed by atoms with Crippen molar-refractivity contribution in [2.75, 3.05) is 24.7 Å². The molecule has 7 nitrogen and oxygen atoms in total. The minimum Gasteiger partial charge on any atom is -0.492 e. The van der Waals surface area contributed by atoms with Crippen LogP contribution in [-0.4, -0.2) is 50.2 Å². The molecule has 0 bridgehead atoms. The molecule has 116 valence electrons. The summed E-state index contributed by atoms with van der Waals surface area (Å²) in [6, 6.07) is 5.90. The summed E-state index contributed by atoms with van der Waals surface area (Å²) in [4.78, 5) is 22.1. The van der Waals surface area contributed by atoms with Crippen LogP contribution in [0.15, 0.2) is 24.3 Å². The molecule has 0 saturated heterocycles. The Kier molecular flexibility index (Phi) is 6.16. The Morgan fingerprint density at radius 1 is 1.24 bits per heavy atom. The number of carboxylic acid groups (broad SMARTS) is 1. The van der Waals surface area contributed by atoms with Crippen molar-refractivity contribution in [3.05, 3.63) is 29.8 Å². The van der Waals surface area contributed by atoms with E-state index in [0.29, 0.717) is 0 Å². The van der Waals surface area contributed by atoms with Crippen molar-refractivity contribution in [3.63, 3.8) is 0 Å². The fourth-order valence-electron chi connectivity index (χ4n) is 1.50. The third-order valence-corrected chi connectivity index (χ3v) is 3.88. The van der Waals surface area contributed by atoms with Gasteiger partial charge in [-0.05, 0) is 19.1 Å². The van der Waals surface area contributed by atoms with Crippen LogP contribution in [0.4, 0.5) is 0 Å². The Bertz CT molecular complexity index is 607. The van der Waals surface area contributed by atoms with Crippen molar-refractivity contribution in [3.8, 4) is 5.75 Å². The summed E-state index contributed by atoms with van der Waals surface area (Å²) in [5.41, 5.74) is -0.0553. The number of sulfone groups is 1. The number of hydrogen-bond donors (Lipinski definition) is 1. The lowest BCUT2D eigenvalue weighted by Crippen LogP contribution is -2.24. The van der Waals surface area contributed by atoms with E-state index < -0.39 is 33.3 Å². The number of para-hydroxylation sites is 1. The van der Waals surface area contributed by atoms with E-state index in [2.05, 4.69) is 4.74 Å². The summed E-state index contributed by atoms with van der Waals surface area (Å²) in [5.74, 6) is -3.02. The molecule has 0 spiro atoms. The zero-order valence-electron chi connectivity index (χ0n) is 11.4. The van der Waals surface area contributed by atoms with Gasteiger partial charge in [0.1, 0.15) is 23.7 Å². The maximum absolute atomic E-state index is 11.6. The van der Waals surface area contributed by atoms with E-state index in [1.54, 1.807) is 13.0 Å². The van der Waals surface area contributed by atoms with Crippen LogP contribution in [0.2, 0.25) is 0 Å². The summed E-state index contributed by atoms with van der Waals surface area (Å²) >= 11 is 0. The van der Waals surface area contributed by atoms with Crippen LogP contribution in [0, 0.1) is 0 Å². The molecule has 0 amide bonds. The van der Waals surface area contributed by atoms with Gasteiger partial charge in [-0.3, -0.25) is 4.79 Å². The molecule has 1 aromatic carbocycles. The number of carbonyl (C=O) groups is 2. The smallest absolute Gasteiger partial charge is 0.339 e. The highest BCUT2D eigenvalue weighted by Gasteiger charge is 2.18. The molecule has 1 aromatic rings. The van der Waals surface area contributed by atoms with Gasteiger partial charge in [0.2, 0.25) is 0 Å². The number of rotatable bonds is 8. The monoisotopic (exact) mass is 316 g/mol. The number of hydrogen-bond acceptors (Lipinski definition) is 6. The van der Waals surface area contributed by atoms with Gasteiger partial charge in [-0.25, -0.2) is 13.2 Å². The molecule has 1 rings (SSSR count). The second kappa shape index (κ2) is 7.63. The van der Waals surface area contributed by atoms with E-state index in [4.69, 9.17) is 9.84 Å². The molecular weight excluding hydrogens is 300 g/mol. The molecule has 0 saturated carbocycles. The highest BCUT2D eigenvalue weighted by Crippen LogP contribution is 2.17. The number of esters is 1. The first kappa shape index (κ1) is 17.0. The van der Waals surface area contributed by atoms with Crippen LogP contribution in [0.1, 0.15) is 17.3 Å². The van der Waals surface area contributed by atoms with Gasteiger partial charge in [0.15, 0.2) is 9.84 Å². The molecule has 0 fully saturated rings. The standard InChI is InChI=1S/C13H16O7S/c1-2-19-12(14)9-21(17,18)8-7-20-11-6-4-3-5-10(11)13(15)16/h3-6H,2,7-9H2,1H3,(H,15,16). The van der Waals surface area contributed by atoms with Crippen molar-refractivity contribution in [2.45, 2.75) is 6.92 Å². The number of ether oxygens (including phenoxy) is 2. The molecule has 0 unspecified atom stereocenters. The summed E-state index contributed by atoms with van der Waals surface area (Å²) in [5, 5.41) is 8.94. The first-order valence-electron chi connectivity index (χ1n) is 6.17. The largest absolute Gasteiger partial charge is 0.492 e. The zero-order chi connectivity index (χ0) is 15.9. The predicted molar refractivity (Wildman–Crippen MR) is 74.2 cm³/mol. The molecule has 0 aliphatic rings. The van der Waals surface area contributed by atoms with Crippen molar-refractivity contribution >= 4 is 21.8 Å². The second-order valence-corrected chi connectivity index (χ2v) is 6.23. The van der Waals surface area contributed by atoms with Crippen LogP contribution >= 0.6 is 0 Å². The Labute approximate surface area is 122 Å². The highest BCUT2D eigenvalue weighted by atomic mass is 32.2. The van der Waals surface area contributed by atoms with Gasteiger partial charge in [0.25, 0.3) is 0 Å². The number of aromatic carboxylic acids is 1. The summed E-state index contributed by atoms with van der Waals surface area (Å²) in [7, 11) is -3.65. The van der Waals surface area contributed by atoms with Crippen molar-refractivity contribution in [1.82, 2.24) is 0 Å². The third kappa shape index (κ3) is 5.82. The zero-order valence-corrected chi connectivity index (χ0v) is 12.3. The fourth-order valence-corrected chi connectivity index (χ4v) is 2.43. The summed E-state index contributed by atoms with van der Waals surface area (Å²) in [6.07, 6.45) is 0. The average Bonchev–Trinajstić information content (AvgIpc) is 2.38. The highest BCUT2D eigenvalue weighted by molar-refractivity contribution is 7.92. The van der Waals surface area contributed by atoms with Crippen LogP contribution in [0.5, 0.6) is 5.75 Å². The lowest BCUT2D eigenvalue weighted by atomic mass is 10.2. The molecule has 0 heterocycles. The first-order valence-corrected chi connectivity index (χ1v) is 7.99. The van der Waals surface area contributed by atoms with E-state index in [-0.39, 0.29) is 24.5 Å². The van der Waals surface area contributed by atoms with Gasteiger partial charge >= 0.3 is 11.9 Å². The van der Waals surface area contributed by atoms with Crippen molar-refractivity contribution < 1.29 is 32.6 Å². The first-order chi connectivity index (χ1) is 9.85. The maximum Gasteiger partial charge on any atom is 0.339 e. The maximum atomic E-state index is 11.6. The summed E-state index contributed by atoms with van der Waals surface area (Å²) in [6.45, 7) is 1.44. The lowest BCUT2D eigenvalue weighted by molar-refractivity contribution is -0.139. The van der Waals surface area contributed by atoms with Gasteiger partial charge in [0, 0.05) is 0 Å².